The second kappa shape index (κ2) is 7.24. The van der Waals surface area contributed by atoms with Crippen LogP contribution in [-0.4, -0.2) is 31.5 Å². The first-order valence-electron chi connectivity index (χ1n) is 8.84. The van der Waals surface area contributed by atoms with E-state index in [9.17, 15) is 9.59 Å². The maximum Gasteiger partial charge on any atom is 0.227 e. The Morgan fingerprint density at radius 1 is 1.25 bits per heavy atom. The number of rotatable bonds is 4. The predicted molar refractivity (Wildman–Crippen MR) is 93.0 cm³/mol. The summed E-state index contributed by atoms with van der Waals surface area (Å²) >= 11 is 0. The molecule has 2 aliphatic rings. The molecule has 1 aliphatic carbocycles. The molecule has 1 N–H and O–H groups in total. The van der Waals surface area contributed by atoms with Crippen LogP contribution in [0.1, 0.15) is 39.0 Å². The van der Waals surface area contributed by atoms with E-state index in [1.54, 1.807) is 12.0 Å². The molecule has 1 aromatic carbocycles. The molecule has 2 amide bonds. The number of amides is 2. The van der Waals surface area contributed by atoms with E-state index in [1.165, 1.54) is 19.3 Å². The van der Waals surface area contributed by atoms with Crippen LogP contribution in [0.4, 0.5) is 5.69 Å². The summed E-state index contributed by atoms with van der Waals surface area (Å²) in [5.74, 6) is 0.894. The number of hydrogen-bond acceptors (Lipinski definition) is 3. The fourth-order valence-corrected chi connectivity index (χ4v) is 3.80. The summed E-state index contributed by atoms with van der Waals surface area (Å²) in [5, 5.41) is 3.18. The van der Waals surface area contributed by atoms with Gasteiger partial charge in [-0.3, -0.25) is 9.59 Å². The highest BCUT2D eigenvalue weighted by Gasteiger charge is 2.37. The molecule has 1 heterocycles. The van der Waals surface area contributed by atoms with Gasteiger partial charge in [-0.25, -0.2) is 0 Å². The zero-order chi connectivity index (χ0) is 17.1. The third-order valence-electron chi connectivity index (χ3n) is 5.31. The molecule has 0 spiro atoms. The first-order chi connectivity index (χ1) is 11.6. The quantitative estimate of drug-likeness (QED) is 0.923. The third kappa shape index (κ3) is 3.40. The van der Waals surface area contributed by atoms with Gasteiger partial charge in [0.2, 0.25) is 11.8 Å². The zero-order valence-electron chi connectivity index (χ0n) is 14.5. The molecule has 5 nitrogen and oxygen atoms in total. The van der Waals surface area contributed by atoms with Gasteiger partial charge in [-0.15, -0.1) is 0 Å². The highest BCUT2D eigenvalue weighted by Crippen LogP contribution is 2.33. The minimum Gasteiger partial charge on any atom is -0.495 e. The summed E-state index contributed by atoms with van der Waals surface area (Å²) in [6.07, 6.45) is 4.90. The first-order valence-corrected chi connectivity index (χ1v) is 8.84. The maximum absolute atomic E-state index is 12.6. The van der Waals surface area contributed by atoms with E-state index >= 15 is 0 Å². The van der Waals surface area contributed by atoms with E-state index in [-0.39, 0.29) is 30.2 Å². The second-order valence-electron chi connectivity index (χ2n) is 6.95. The van der Waals surface area contributed by atoms with Gasteiger partial charge in [-0.1, -0.05) is 31.9 Å². The number of para-hydroxylation sites is 2. The van der Waals surface area contributed by atoms with Crippen LogP contribution in [0.25, 0.3) is 0 Å². The van der Waals surface area contributed by atoms with Gasteiger partial charge in [0.15, 0.2) is 0 Å². The van der Waals surface area contributed by atoms with Gasteiger partial charge in [0.05, 0.1) is 18.7 Å². The van der Waals surface area contributed by atoms with Gasteiger partial charge >= 0.3 is 0 Å². The third-order valence-corrected chi connectivity index (χ3v) is 5.31. The largest absolute Gasteiger partial charge is 0.495 e. The Morgan fingerprint density at radius 3 is 2.75 bits per heavy atom. The lowest BCUT2D eigenvalue weighted by Crippen LogP contribution is -2.44. The molecule has 1 saturated heterocycles. The van der Waals surface area contributed by atoms with Crippen LogP contribution in [0.3, 0.4) is 0 Å². The zero-order valence-corrected chi connectivity index (χ0v) is 14.5. The number of nitrogens with zero attached hydrogens (tertiary/aromatic N) is 1. The summed E-state index contributed by atoms with van der Waals surface area (Å²) in [5.41, 5.74) is 0.742. The molecular formula is C19H26N2O3. The monoisotopic (exact) mass is 330 g/mol. The molecular weight excluding hydrogens is 304 g/mol. The lowest BCUT2D eigenvalue weighted by molar-refractivity contribution is -0.127. The van der Waals surface area contributed by atoms with Crippen molar-refractivity contribution in [1.29, 1.82) is 0 Å². The highest BCUT2D eigenvalue weighted by atomic mass is 16.5. The molecule has 3 atom stereocenters. The predicted octanol–water partition coefficient (Wildman–Crippen LogP) is 2.74. The topological polar surface area (TPSA) is 58.6 Å². The van der Waals surface area contributed by atoms with Crippen molar-refractivity contribution in [2.45, 2.75) is 45.1 Å². The number of ether oxygens (including phenoxy) is 1. The highest BCUT2D eigenvalue weighted by molar-refractivity contribution is 6.01. The molecule has 5 heteroatoms. The van der Waals surface area contributed by atoms with Crippen LogP contribution >= 0.6 is 0 Å². The molecule has 1 saturated carbocycles. The number of carbonyl (C=O) groups is 2. The number of methoxy groups -OCH3 is 1. The van der Waals surface area contributed by atoms with Gasteiger partial charge in [0, 0.05) is 19.0 Å². The van der Waals surface area contributed by atoms with Crippen molar-refractivity contribution in [2.24, 2.45) is 11.8 Å². The summed E-state index contributed by atoms with van der Waals surface area (Å²) < 4.78 is 5.34. The van der Waals surface area contributed by atoms with Crippen LogP contribution < -0.4 is 15.0 Å². The first kappa shape index (κ1) is 16.8. The minimum atomic E-state index is -0.281. The summed E-state index contributed by atoms with van der Waals surface area (Å²) in [6, 6.07) is 7.70. The van der Waals surface area contributed by atoms with Crippen molar-refractivity contribution in [3.05, 3.63) is 24.3 Å². The number of benzene rings is 1. The van der Waals surface area contributed by atoms with Crippen molar-refractivity contribution in [3.63, 3.8) is 0 Å². The molecule has 0 radical (unpaired) electrons. The lowest BCUT2D eigenvalue weighted by Gasteiger charge is -2.30. The van der Waals surface area contributed by atoms with E-state index in [1.807, 2.05) is 24.3 Å². The minimum absolute atomic E-state index is 0.0134. The van der Waals surface area contributed by atoms with Crippen LogP contribution in [0.15, 0.2) is 24.3 Å². The van der Waals surface area contributed by atoms with Crippen molar-refractivity contribution >= 4 is 17.5 Å². The average Bonchev–Trinajstić information content (AvgIpc) is 2.98. The molecule has 0 bridgehead atoms. The second-order valence-corrected chi connectivity index (χ2v) is 6.95. The van der Waals surface area contributed by atoms with Crippen LogP contribution in [0.5, 0.6) is 5.75 Å². The van der Waals surface area contributed by atoms with Crippen molar-refractivity contribution in [2.75, 3.05) is 18.6 Å². The summed E-state index contributed by atoms with van der Waals surface area (Å²) in [7, 11) is 1.59. The standard InChI is InChI=1S/C19H26N2O3/c1-13-7-3-4-8-15(13)20-19(23)14-11-18(22)21(12-14)16-9-5-6-10-17(16)24-2/h5-6,9-10,13-15H,3-4,7-8,11-12H2,1-2H3,(H,20,23). The molecule has 0 aromatic heterocycles. The Kier molecular flexibility index (Phi) is 5.07. The van der Waals surface area contributed by atoms with Gasteiger partial charge in [0.25, 0.3) is 0 Å². The molecule has 3 unspecified atom stereocenters. The molecule has 130 valence electrons. The van der Waals surface area contributed by atoms with Crippen molar-refractivity contribution < 1.29 is 14.3 Å². The van der Waals surface area contributed by atoms with E-state index in [0.29, 0.717) is 18.2 Å². The molecule has 1 aromatic rings. The van der Waals surface area contributed by atoms with Crippen LogP contribution in [-0.2, 0) is 9.59 Å². The van der Waals surface area contributed by atoms with Crippen molar-refractivity contribution in [3.8, 4) is 5.75 Å². The van der Waals surface area contributed by atoms with Gasteiger partial charge < -0.3 is 15.0 Å². The Bertz CT molecular complexity index is 616. The molecule has 2 fully saturated rings. The Labute approximate surface area is 143 Å². The molecule has 3 rings (SSSR count). The van der Waals surface area contributed by atoms with E-state index in [4.69, 9.17) is 4.74 Å². The normalized spacial score (nSPS) is 27.2. The van der Waals surface area contributed by atoms with Crippen molar-refractivity contribution in [1.82, 2.24) is 5.32 Å². The van der Waals surface area contributed by atoms with E-state index in [2.05, 4.69) is 12.2 Å². The van der Waals surface area contributed by atoms with E-state index in [0.717, 1.165) is 12.1 Å². The lowest BCUT2D eigenvalue weighted by atomic mass is 9.85. The van der Waals surface area contributed by atoms with Gasteiger partial charge in [-0.05, 0) is 30.9 Å². The summed E-state index contributed by atoms with van der Waals surface area (Å²) in [6.45, 7) is 2.62. The SMILES string of the molecule is COc1ccccc1N1CC(C(=O)NC2CCCCC2C)CC1=O. The molecule has 24 heavy (non-hydrogen) atoms. The maximum atomic E-state index is 12.6. The van der Waals surface area contributed by atoms with Gasteiger partial charge in [0.1, 0.15) is 5.75 Å². The Balaban J connectivity index is 1.67. The van der Waals surface area contributed by atoms with Gasteiger partial charge in [-0.2, -0.15) is 0 Å². The Morgan fingerprint density at radius 2 is 2.00 bits per heavy atom. The number of nitrogens with one attached hydrogen (secondary N) is 1. The fourth-order valence-electron chi connectivity index (χ4n) is 3.80. The smallest absolute Gasteiger partial charge is 0.227 e. The van der Waals surface area contributed by atoms with Crippen LogP contribution in [0.2, 0.25) is 0 Å². The average molecular weight is 330 g/mol. The Hall–Kier alpha value is -2.04. The summed E-state index contributed by atoms with van der Waals surface area (Å²) in [4.78, 5) is 26.7. The van der Waals surface area contributed by atoms with Crippen LogP contribution in [0, 0.1) is 11.8 Å². The number of anilines is 1. The van der Waals surface area contributed by atoms with E-state index < -0.39 is 0 Å². The number of carbonyl (C=O) groups excluding carboxylic acids is 2. The number of hydrogen-bond donors (Lipinski definition) is 1. The fraction of sp³-hybridized carbons (Fsp3) is 0.579. The molecule has 1 aliphatic heterocycles.